The Bertz CT molecular complexity index is 464. The molecule has 0 aliphatic rings. The van der Waals surface area contributed by atoms with Crippen LogP contribution in [0.5, 0.6) is 0 Å². The lowest BCUT2D eigenvalue weighted by Crippen LogP contribution is -2.18. The molecule has 1 aromatic carbocycles. The van der Waals surface area contributed by atoms with Crippen LogP contribution in [0.15, 0.2) is 24.3 Å². The van der Waals surface area contributed by atoms with Gasteiger partial charge >= 0.3 is 11.7 Å². The average Bonchev–Trinajstić information content (AvgIpc) is 2.30. The molecular formula is C10H7N3O2. The molecule has 0 heterocycles. The third-order valence-electron chi connectivity index (χ3n) is 1.77. The van der Waals surface area contributed by atoms with Crippen LogP contribution >= 0.6 is 0 Å². The molecule has 0 N–H and O–H groups in total. The fourth-order valence-corrected chi connectivity index (χ4v) is 1.02. The highest BCUT2D eigenvalue weighted by Gasteiger charge is 2.23. The molecule has 1 aromatic rings. The third kappa shape index (κ3) is 2.27. The molecule has 0 saturated heterocycles. The molecule has 0 radical (unpaired) electrons. The highest BCUT2D eigenvalue weighted by atomic mass is 16.5. The second kappa shape index (κ2) is 4.70. The maximum absolute atomic E-state index is 11.1. The van der Waals surface area contributed by atoms with E-state index in [-0.39, 0.29) is 5.71 Å². The number of carbonyl (C=O) groups is 1. The summed E-state index contributed by atoms with van der Waals surface area (Å²) in [7, 11) is 1.19. The van der Waals surface area contributed by atoms with Gasteiger partial charge in [0, 0.05) is 0 Å². The predicted octanol–water partition coefficient (Wildman–Crippen LogP) is 0.750. The van der Waals surface area contributed by atoms with Crippen molar-refractivity contribution in [3.63, 3.8) is 0 Å². The number of ether oxygens (including phenoxy) is 1. The molecule has 5 nitrogen and oxygen atoms in total. The number of hydrogen-bond acceptors (Lipinski definition) is 3. The van der Waals surface area contributed by atoms with E-state index in [0.717, 1.165) is 0 Å². The lowest BCUT2D eigenvalue weighted by molar-refractivity contribution is -0.137. The van der Waals surface area contributed by atoms with Gasteiger partial charge in [-0.15, -0.1) is 0 Å². The van der Waals surface area contributed by atoms with Gasteiger partial charge in [-0.25, -0.2) is 4.79 Å². The topological polar surface area (TPSA) is 86.5 Å². The standard InChI is InChI=1S/C10H7N3O2/c1-15-10(14)9(13-12)8-4-2-7(6-11)3-5-8/h2-5H,1H3. The molecule has 0 fully saturated rings. The van der Waals surface area contributed by atoms with E-state index in [1.165, 1.54) is 31.4 Å². The maximum Gasteiger partial charge on any atom is 0.422 e. The molecule has 0 atom stereocenters. The molecule has 0 aliphatic carbocycles. The molecule has 0 spiro atoms. The first kappa shape index (κ1) is 10.6. The van der Waals surface area contributed by atoms with E-state index in [2.05, 4.69) is 9.53 Å². The molecular weight excluding hydrogens is 194 g/mol. The number of nitriles is 1. The molecule has 74 valence electrons. The number of carbonyl (C=O) groups excluding carboxylic acids is 1. The summed E-state index contributed by atoms with van der Waals surface area (Å²) >= 11 is 0. The second-order valence-electron chi connectivity index (χ2n) is 2.63. The molecule has 0 saturated carbocycles. The van der Waals surface area contributed by atoms with Gasteiger partial charge in [-0.3, -0.25) is 0 Å². The zero-order valence-corrected chi connectivity index (χ0v) is 7.97. The molecule has 0 unspecified atom stereocenters. The van der Waals surface area contributed by atoms with E-state index in [9.17, 15) is 4.79 Å². The predicted molar refractivity (Wildman–Crippen MR) is 50.9 cm³/mol. The smallest absolute Gasteiger partial charge is 0.422 e. The average molecular weight is 201 g/mol. The van der Waals surface area contributed by atoms with Gasteiger partial charge in [0.1, 0.15) is 0 Å². The minimum atomic E-state index is -0.734. The van der Waals surface area contributed by atoms with Crippen molar-refractivity contribution in [1.29, 1.82) is 5.26 Å². The SMILES string of the molecule is COC(=O)C(=[N+]=[N-])c1ccc(C#N)cc1. The number of esters is 1. The summed E-state index contributed by atoms with van der Waals surface area (Å²) in [5.41, 5.74) is 9.29. The largest absolute Gasteiger partial charge is 0.460 e. The van der Waals surface area contributed by atoms with Crippen molar-refractivity contribution in [3.05, 3.63) is 40.9 Å². The Morgan fingerprint density at radius 3 is 2.47 bits per heavy atom. The fraction of sp³-hybridized carbons (Fsp3) is 0.100. The molecule has 0 aliphatic heterocycles. The summed E-state index contributed by atoms with van der Waals surface area (Å²) in [6, 6.07) is 7.98. The highest BCUT2D eigenvalue weighted by molar-refractivity contribution is 6.40. The minimum Gasteiger partial charge on any atom is -0.460 e. The van der Waals surface area contributed by atoms with E-state index in [1.54, 1.807) is 0 Å². The number of benzene rings is 1. The summed E-state index contributed by atoms with van der Waals surface area (Å²) in [5, 5.41) is 8.56. The van der Waals surface area contributed by atoms with Crippen LogP contribution in [0.25, 0.3) is 5.53 Å². The van der Waals surface area contributed by atoms with Crippen LogP contribution in [0.3, 0.4) is 0 Å². The lowest BCUT2D eigenvalue weighted by Gasteiger charge is -1.94. The van der Waals surface area contributed by atoms with Crippen LogP contribution in [0.4, 0.5) is 0 Å². The van der Waals surface area contributed by atoms with Gasteiger partial charge < -0.3 is 10.3 Å². The van der Waals surface area contributed by atoms with E-state index >= 15 is 0 Å². The molecule has 0 aromatic heterocycles. The Morgan fingerprint density at radius 2 is 2.07 bits per heavy atom. The minimum absolute atomic E-state index is 0.193. The normalized spacial score (nSPS) is 8.53. The third-order valence-corrected chi connectivity index (χ3v) is 1.77. The van der Waals surface area contributed by atoms with Crippen molar-refractivity contribution in [1.82, 2.24) is 0 Å². The lowest BCUT2D eigenvalue weighted by atomic mass is 10.1. The van der Waals surface area contributed by atoms with E-state index in [4.69, 9.17) is 10.8 Å². The zero-order chi connectivity index (χ0) is 11.3. The fourth-order valence-electron chi connectivity index (χ4n) is 1.02. The van der Waals surface area contributed by atoms with Crippen molar-refractivity contribution >= 4 is 11.7 Å². The van der Waals surface area contributed by atoms with Crippen molar-refractivity contribution < 1.29 is 14.3 Å². The van der Waals surface area contributed by atoms with Crippen molar-refractivity contribution in [3.8, 4) is 6.07 Å². The van der Waals surface area contributed by atoms with Gasteiger partial charge in [0.25, 0.3) is 0 Å². The summed E-state index contributed by atoms with van der Waals surface area (Å²) in [6.07, 6.45) is 0. The van der Waals surface area contributed by atoms with Crippen LogP contribution in [-0.4, -0.2) is 23.6 Å². The number of hydrogen-bond donors (Lipinski definition) is 0. The van der Waals surface area contributed by atoms with Gasteiger partial charge in [-0.2, -0.15) is 10.1 Å². The first-order chi connectivity index (χ1) is 7.22. The summed E-state index contributed by atoms with van der Waals surface area (Å²) in [4.78, 5) is 14.0. The van der Waals surface area contributed by atoms with E-state index in [0.29, 0.717) is 11.1 Å². The Hall–Kier alpha value is -2.44. The number of methoxy groups -OCH3 is 1. The number of rotatable bonds is 2. The first-order valence-electron chi connectivity index (χ1n) is 4.04. The van der Waals surface area contributed by atoms with Gasteiger partial charge in [-0.05, 0) is 24.3 Å². The molecule has 0 amide bonds. The first-order valence-corrected chi connectivity index (χ1v) is 4.04. The zero-order valence-electron chi connectivity index (χ0n) is 7.97. The Morgan fingerprint density at radius 1 is 1.47 bits per heavy atom. The summed E-state index contributed by atoms with van der Waals surface area (Å²) in [5.74, 6) is -0.734. The Kier molecular flexibility index (Phi) is 3.33. The summed E-state index contributed by atoms with van der Waals surface area (Å²) in [6.45, 7) is 0. The van der Waals surface area contributed by atoms with Crippen LogP contribution in [0.1, 0.15) is 11.1 Å². The van der Waals surface area contributed by atoms with Crippen LogP contribution in [0.2, 0.25) is 0 Å². The van der Waals surface area contributed by atoms with Crippen molar-refractivity contribution in [2.45, 2.75) is 0 Å². The van der Waals surface area contributed by atoms with Crippen LogP contribution in [-0.2, 0) is 9.53 Å². The molecule has 5 heteroatoms. The van der Waals surface area contributed by atoms with Gasteiger partial charge in [0.2, 0.25) is 0 Å². The highest BCUT2D eigenvalue weighted by Crippen LogP contribution is 2.04. The Labute approximate surface area is 86.1 Å². The monoisotopic (exact) mass is 201 g/mol. The Balaban J connectivity index is 3.11. The number of nitrogens with zero attached hydrogens (tertiary/aromatic N) is 3. The quantitative estimate of drug-likeness (QED) is 0.306. The van der Waals surface area contributed by atoms with Crippen LogP contribution < -0.4 is 0 Å². The molecule has 0 bridgehead atoms. The van der Waals surface area contributed by atoms with Gasteiger partial charge in [-0.1, -0.05) is 0 Å². The van der Waals surface area contributed by atoms with E-state index in [1.807, 2.05) is 6.07 Å². The van der Waals surface area contributed by atoms with E-state index < -0.39 is 5.97 Å². The molecule has 1 rings (SSSR count). The maximum atomic E-state index is 11.1. The van der Waals surface area contributed by atoms with Gasteiger partial charge in [0.15, 0.2) is 0 Å². The van der Waals surface area contributed by atoms with Gasteiger partial charge in [0.05, 0.1) is 24.3 Å². The second-order valence-corrected chi connectivity index (χ2v) is 2.63. The molecule has 15 heavy (non-hydrogen) atoms. The van der Waals surface area contributed by atoms with Crippen molar-refractivity contribution in [2.24, 2.45) is 0 Å². The van der Waals surface area contributed by atoms with Crippen molar-refractivity contribution in [2.75, 3.05) is 7.11 Å². The van der Waals surface area contributed by atoms with Crippen LogP contribution in [0, 0.1) is 11.3 Å². The summed E-state index contributed by atoms with van der Waals surface area (Å²) < 4.78 is 4.42.